The first-order valence-electron chi connectivity index (χ1n) is 9.80. The quantitative estimate of drug-likeness (QED) is 0.415. The number of carbonyl (C=O) groups is 1. The zero-order chi connectivity index (χ0) is 21.1. The average molecular weight is 414 g/mol. The third kappa shape index (κ3) is 4.24. The van der Waals surface area contributed by atoms with E-state index < -0.39 is 11.9 Å². The molecule has 6 nitrogen and oxygen atoms in total. The van der Waals surface area contributed by atoms with E-state index in [9.17, 15) is 9.59 Å². The van der Waals surface area contributed by atoms with Crippen LogP contribution in [0.4, 0.5) is 5.82 Å². The van der Waals surface area contributed by atoms with Gasteiger partial charge in [0.05, 0.1) is 24.2 Å². The number of carbonyl (C=O) groups excluding carboxylic acids is 1. The van der Waals surface area contributed by atoms with E-state index in [1.807, 2.05) is 31.2 Å². The SMILES string of the molecule is CCCSc1nc2c(c(=O)[nH]1)C(c1ccc(C(C)C)cc1)C(C(=O)OC)=C(C)N2. The zero-order valence-electron chi connectivity index (χ0n) is 17.5. The molecule has 154 valence electrons. The fourth-order valence-corrected chi connectivity index (χ4v) is 4.20. The number of hydrogen-bond acceptors (Lipinski definition) is 6. The first-order chi connectivity index (χ1) is 13.9. The lowest BCUT2D eigenvalue weighted by Gasteiger charge is -2.28. The van der Waals surface area contributed by atoms with Gasteiger partial charge in [0.15, 0.2) is 5.16 Å². The minimum atomic E-state index is -0.540. The fraction of sp³-hybridized carbons (Fsp3) is 0.409. The van der Waals surface area contributed by atoms with Gasteiger partial charge < -0.3 is 15.0 Å². The van der Waals surface area contributed by atoms with Crippen LogP contribution in [0.25, 0.3) is 0 Å². The van der Waals surface area contributed by atoms with Crippen molar-refractivity contribution < 1.29 is 9.53 Å². The Morgan fingerprint density at radius 1 is 1.28 bits per heavy atom. The van der Waals surface area contributed by atoms with Crippen LogP contribution in [0.3, 0.4) is 0 Å². The Balaban J connectivity index is 2.17. The van der Waals surface area contributed by atoms with Gasteiger partial charge in [0.1, 0.15) is 5.82 Å². The standard InChI is InChI=1S/C22H27N3O3S/c1-6-11-29-22-24-19-18(20(26)25-22)17(16(13(4)23-19)21(27)28-5)15-9-7-14(8-10-15)12(2)3/h7-10,12,17H,6,11H2,1-5H3,(H2,23,24,25,26). The summed E-state index contributed by atoms with van der Waals surface area (Å²) >= 11 is 1.51. The van der Waals surface area contributed by atoms with E-state index in [0.29, 0.717) is 33.7 Å². The summed E-state index contributed by atoms with van der Waals surface area (Å²) in [6.07, 6.45) is 0.981. The fourth-order valence-electron chi connectivity index (χ4n) is 3.49. The molecule has 0 fully saturated rings. The van der Waals surface area contributed by atoms with Gasteiger partial charge in [0.2, 0.25) is 0 Å². The number of allylic oxidation sites excluding steroid dienone is 1. The van der Waals surface area contributed by atoms with Crippen molar-refractivity contribution in [3.8, 4) is 0 Å². The number of H-pyrrole nitrogens is 1. The maximum atomic E-state index is 13.0. The van der Waals surface area contributed by atoms with E-state index in [1.54, 1.807) is 0 Å². The number of fused-ring (bicyclic) bond motifs is 1. The van der Waals surface area contributed by atoms with Gasteiger partial charge in [0.25, 0.3) is 5.56 Å². The third-order valence-electron chi connectivity index (χ3n) is 5.01. The average Bonchev–Trinajstić information content (AvgIpc) is 2.70. The first-order valence-corrected chi connectivity index (χ1v) is 10.8. The normalized spacial score (nSPS) is 15.9. The number of benzene rings is 1. The van der Waals surface area contributed by atoms with Gasteiger partial charge in [-0.3, -0.25) is 4.79 Å². The molecule has 1 aromatic carbocycles. The first kappa shape index (κ1) is 21.2. The van der Waals surface area contributed by atoms with Crippen LogP contribution in [0.5, 0.6) is 0 Å². The Morgan fingerprint density at radius 2 is 1.97 bits per heavy atom. The smallest absolute Gasteiger partial charge is 0.336 e. The van der Waals surface area contributed by atoms with Crippen molar-refractivity contribution in [2.24, 2.45) is 0 Å². The molecule has 0 aliphatic carbocycles. The van der Waals surface area contributed by atoms with E-state index >= 15 is 0 Å². The summed E-state index contributed by atoms with van der Waals surface area (Å²) in [4.78, 5) is 33.1. The van der Waals surface area contributed by atoms with Crippen LogP contribution < -0.4 is 10.9 Å². The van der Waals surface area contributed by atoms with E-state index in [4.69, 9.17) is 4.74 Å². The molecule has 1 unspecified atom stereocenters. The molecular weight excluding hydrogens is 386 g/mol. The molecule has 2 aromatic rings. The van der Waals surface area contributed by atoms with Gasteiger partial charge in [-0.25, -0.2) is 9.78 Å². The van der Waals surface area contributed by atoms with E-state index in [-0.39, 0.29) is 5.56 Å². The molecule has 3 rings (SSSR count). The summed E-state index contributed by atoms with van der Waals surface area (Å²) in [6, 6.07) is 8.03. The number of ether oxygens (including phenoxy) is 1. The van der Waals surface area contributed by atoms with Crippen LogP contribution in [0.2, 0.25) is 0 Å². The zero-order valence-corrected chi connectivity index (χ0v) is 18.3. The highest BCUT2D eigenvalue weighted by Gasteiger charge is 2.36. The van der Waals surface area contributed by atoms with Crippen LogP contribution in [-0.2, 0) is 9.53 Å². The van der Waals surface area contributed by atoms with Gasteiger partial charge in [-0.15, -0.1) is 0 Å². The number of nitrogens with zero attached hydrogens (tertiary/aromatic N) is 1. The van der Waals surface area contributed by atoms with Crippen molar-refractivity contribution in [2.75, 3.05) is 18.2 Å². The monoisotopic (exact) mass is 413 g/mol. The van der Waals surface area contributed by atoms with Crippen LogP contribution >= 0.6 is 11.8 Å². The molecule has 0 saturated carbocycles. The Kier molecular flexibility index (Phi) is 6.47. The number of aromatic amines is 1. The molecule has 0 amide bonds. The second kappa shape index (κ2) is 8.86. The van der Waals surface area contributed by atoms with Gasteiger partial charge in [0, 0.05) is 11.4 Å². The minimum Gasteiger partial charge on any atom is -0.466 e. The third-order valence-corrected chi connectivity index (χ3v) is 6.08. The number of nitrogens with one attached hydrogen (secondary N) is 2. The number of methoxy groups -OCH3 is 1. The van der Waals surface area contributed by atoms with Crippen molar-refractivity contribution in [3.05, 3.63) is 62.6 Å². The van der Waals surface area contributed by atoms with Crippen molar-refractivity contribution in [1.29, 1.82) is 0 Å². The number of thioether (sulfide) groups is 1. The summed E-state index contributed by atoms with van der Waals surface area (Å²) in [5.74, 6) is 0.758. The molecule has 2 N–H and O–H groups in total. The molecule has 0 saturated heterocycles. The maximum absolute atomic E-state index is 13.0. The Morgan fingerprint density at radius 3 is 2.55 bits per heavy atom. The highest BCUT2D eigenvalue weighted by molar-refractivity contribution is 7.99. The maximum Gasteiger partial charge on any atom is 0.336 e. The summed E-state index contributed by atoms with van der Waals surface area (Å²) in [5.41, 5.74) is 3.33. The predicted molar refractivity (Wildman–Crippen MR) is 117 cm³/mol. The number of rotatable bonds is 6. The lowest BCUT2D eigenvalue weighted by molar-refractivity contribution is -0.136. The van der Waals surface area contributed by atoms with E-state index in [0.717, 1.165) is 17.7 Å². The van der Waals surface area contributed by atoms with Gasteiger partial charge in [-0.1, -0.05) is 56.8 Å². The second-order valence-electron chi connectivity index (χ2n) is 7.39. The minimum absolute atomic E-state index is 0.243. The molecule has 2 heterocycles. The van der Waals surface area contributed by atoms with Crippen molar-refractivity contribution in [3.63, 3.8) is 0 Å². The van der Waals surface area contributed by atoms with Crippen molar-refractivity contribution in [1.82, 2.24) is 9.97 Å². The largest absolute Gasteiger partial charge is 0.466 e. The lowest BCUT2D eigenvalue weighted by atomic mass is 9.82. The van der Waals surface area contributed by atoms with Crippen LogP contribution in [0.1, 0.15) is 62.6 Å². The lowest BCUT2D eigenvalue weighted by Crippen LogP contribution is -2.31. The number of aromatic nitrogens is 2. The number of esters is 1. The van der Waals surface area contributed by atoms with E-state index in [1.165, 1.54) is 24.4 Å². The molecule has 1 aromatic heterocycles. The Hall–Kier alpha value is -2.54. The number of anilines is 1. The predicted octanol–water partition coefficient (Wildman–Crippen LogP) is 4.40. The molecule has 29 heavy (non-hydrogen) atoms. The molecule has 1 aliphatic rings. The Labute approximate surface area is 175 Å². The molecular formula is C22H27N3O3S. The summed E-state index contributed by atoms with van der Waals surface area (Å²) in [5, 5.41) is 3.72. The molecule has 1 atom stereocenters. The number of hydrogen-bond donors (Lipinski definition) is 2. The summed E-state index contributed by atoms with van der Waals surface area (Å²) in [7, 11) is 1.35. The van der Waals surface area contributed by atoms with Crippen LogP contribution in [-0.4, -0.2) is 28.8 Å². The molecule has 0 bridgehead atoms. The molecule has 7 heteroatoms. The van der Waals surface area contributed by atoms with Crippen LogP contribution in [0, 0.1) is 0 Å². The van der Waals surface area contributed by atoms with Crippen molar-refractivity contribution in [2.45, 2.75) is 51.1 Å². The topological polar surface area (TPSA) is 84.1 Å². The summed E-state index contributed by atoms with van der Waals surface area (Å²) in [6.45, 7) is 8.15. The van der Waals surface area contributed by atoms with Crippen molar-refractivity contribution >= 4 is 23.5 Å². The van der Waals surface area contributed by atoms with Gasteiger partial charge in [-0.05, 0) is 30.4 Å². The van der Waals surface area contributed by atoms with Gasteiger partial charge in [-0.2, -0.15) is 0 Å². The highest BCUT2D eigenvalue weighted by Crippen LogP contribution is 2.40. The van der Waals surface area contributed by atoms with Crippen LogP contribution in [0.15, 0.2) is 45.5 Å². The summed E-state index contributed by atoms with van der Waals surface area (Å²) < 4.78 is 5.03. The molecule has 0 radical (unpaired) electrons. The van der Waals surface area contributed by atoms with Gasteiger partial charge >= 0.3 is 5.97 Å². The second-order valence-corrected chi connectivity index (χ2v) is 8.48. The highest BCUT2D eigenvalue weighted by atomic mass is 32.2. The molecule has 1 aliphatic heterocycles. The van der Waals surface area contributed by atoms with E-state index in [2.05, 4.69) is 36.1 Å². The Bertz CT molecular complexity index is 993. The molecule has 0 spiro atoms.